The van der Waals surface area contributed by atoms with Crippen LogP contribution in [-0.2, 0) is 9.53 Å². The summed E-state index contributed by atoms with van der Waals surface area (Å²) in [5, 5.41) is 29.4. The van der Waals surface area contributed by atoms with E-state index < -0.39 is 30.4 Å². The molecule has 1 rings (SSSR count). The number of aliphatic hydroxyl groups is 3. The van der Waals surface area contributed by atoms with Crippen molar-refractivity contribution >= 4 is 5.97 Å². The van der Waals surface area contributed by atoms with Crippen LogP contribution in [-0.4, -0.2) is 45.7 Å². The van der Waals surface area contributed by atoms with Crippen LogP contribution in [0.4, 0.5) is 0 Å². The van der Waals surface area contributed by atoms with Gasteiger partial charge in [-0.2, -0.15) is 0 Å². The fourth-order valence-electron chi connectivity index (χ4n) is 2.39. The molecule has 5 heteroatoms. The Morgan fingerprint density at radius 2 is 2.10 bits per heavy atom. The van der Waals surface area contributed by atoms with Gasteiger partial charge in [-0.3, -0.25) is 4.79 Å². The Bertz CT molecular complexity index is 329. The average Bonchev–Trinajstić information content (AvgIpc) is 2.47. The molecule has 3 N–H and O–H groups in total. The van der Waals surface area contributed by atoms with Gasteiger partial charge in [-0.15, -0.1) is 0 Å². The van der Waals surface area contributed by atoms with Gasteiger partial charge in [0.1, 0.15) is 6.10 Å². The topological polar surface area (TPSA) is 87.0 Å². The van der Waals surface area contributed by atoms with Crippen LogP contribution in [0.15, 0.2) is 12.2 Å². The van der Waals surface area contributed by atoms with Crippen LogP contribution in [0, 0.1) is 0 Å². The predicted molar refractivity (Wildman–Crippen MR) is 79.7 cm³/mol. The summed E-state index contributed by atoms with van der Waals surface area (Å²) in [7, 11) is 0. The van der Waals surface area contributed by atoms with Crippen molar-refractivity contribution in [2.24, 2.45) is 0 Å². The standard InChI is InChI=1S/C16H28O5/c1-2-3-4-5-7-14(19)15-9-6-8-12(17)13(18)10-11-16(20)21-15/h6,8,12-15,17-19H,2-5,7,9-11H2,1H3/b8-6+/t12-,13-,14+,15-/m1/s1. The van der Waals surface area contributed by atoms with E-state index >= 15 is 0 Å². The number of cyclic esters (lactones) is 1. The molecule has 0 spiro atoms. The number of carbonyl (C=O) groups excluding carboxylic acids is 1. The molecule has 0 aromatic carbocycles. The van der Waals surface area contributed by atoms with Gasteiger partial charge in [-0.25, -0.2) is 0 Å². The maximum Gasteiger partial charge on any atom is 0.306 e. The SMILES string of the molecule is CCCCCC[C@H](O)[C@H]1C/C=C/[C@@H](O)[C@H](O)CCC(=O)O1. The van der Waals surface area contributed by atoms with Gasteiger partial charge in [-0.1, -0.05) is 44.8 Å². The minimum absolute atomic E-state index is 0.0467. The number of unbranched alkanes of at least 4 members (excludes halogenated alkanes) is 3. The predicted octanol–water partition coefficient (Wildman–Crippen LogP) is 1.69. The molecule has 0 bridgehead atoms. The molecule has 1 aliphatic heterocycles. The van der Waals surface area contributed by atoms with Gasteiger partial charge >= 0.3 is 5.97 Å². The van der Waals surface area contributed by atoms with E-state index in [-0.39, 0.29) is 12.8 Å². The van der Waals surface area contributed by atoms with Crippen molar-refractivity contribution in [1.29, 1.82) is 0 Å². The minimum atomic E-state index is -0.974. The van der Waals surface area contributed by atoms with E-state index in [1.54, 1.807) is 6.08 Å². The summed E-state index contributed by atoms with van der Waals surface area (Å²) in [6.45, 7) is 2.13. The number of carbonyl (C=O) groups is 1. The highest BCUT2D eigenvalue weighted by Crippen LogP contribution is 2.17. The Labute approximate surface area is 126 Å². The Hall–Kier alpha value is -0.910. The molecular formula is C16H28O5. The van der Waals surface area contributed by atoms with Gasteiger partial charge in [0.05, 0.1) is 18.3 Å². The summed E-state index contributed by atoms with van der Waals surface area (Å²) in [5.41, 5.74) is 0. The van der Waals surface area contributed by atoms with E-state index in [9.17, 15) is 20.1 Å². The van der Waals surface area contributed by atoms with Crippen molar-refractivity contribution in [3.8, 4) is 0 Å². The van der Waals surface area contributed by atoms with Crippen LogP contribution in [0.2, 0.25) is 0 Å². The molecule has 0 aromatic heterocycles. The first-order valence-corrected chi connectivity index (χ1v) is 7.95. The zero-order valence-electron chi connectivity index (χ0n) is 12.8. The second-order valence-electron chi connectivity index (χ2n) is 5.71. The molecule has 1 aliphatic rings. The Morgan fingerprint density at radius 1 is 1.33 bits per heavy atom. The van der Waals surface area contributed by atoms with Crippen molar-refractivity contribution in [3.63, 3.8) is 0 Å². The lowest BCUT2D eigenvalue weighted by molar-refractivity contribution is -0.156. The quantitative estimate of drug-likeness (QED) is 0.395. The summed E-state index contributed by atoms with van der Waals surface area (Å²) < 4.78 is 5.30. The van der Waals surface area contributed by atoms with Crippen LogP contribution in [0.25, 0.3) is 0 Å². The Kier molecular flexibility index (Phi) is 8.57. The van der Waals surface area contributed by atoms with Crippen LogP contribution in [0.3, 0.4) is 0 Å². The Morgan fingerprint density at radius 3 is 2.81 bits per heavy atom. The third-order valence-corrected chi connectivity index (χ3v) is 3.81. The lowest BCUT2D eigenvalue weighted by Gasteiger charge is -2.24. The molecule has 0 saturated carbocycles. The number of esters is 1. The largest absolute Gasteiger partial charge is 0.459 e. The fraction of sp³-hybridized carbons (Fsp3) is 0.812. The summed E-state index contributed by atoms with van der Waals surface area (Å²) in [4.78, 5) is 11.7. The molecule has 0 aromatic rings. The van der Waals surface area contributed by atoms with E-state index in [1.165, 1.54) is 6.08 Å². The molecule has 21 heavy (non-hydrogen) atoms. The zero-order chi connectivity index (χ0) is 15.7. The lowest BCUT2D eigenvalue weighted by atomic mass is 10.0. The van der Waals surface area contributed by atoms with E-state index in [1.807, 2.05) is 0 Å². The second kappa shape index (κ2) is 9.92. The van der Waals surface area contributed by atoms with Crippen molar-refractivity contribution in [1.82, 2.24) is 0 Å². The third-order valence-electron chi connectivity index (χ3n) is 3.81. The highest BCUT2D eigenvalue weighted by atomic mass is 16.6. The number of hydrogen-bond donors (Lipinski definition) is 3. The molecular weight excluding hydrogens is 272 g/mol. The van der Waals surface area contributed by atoms with Gasteiger partial charge in [0.25, 0.3) is 0 Å². The summed E-state index contributed by atoms with van der Waals surface area (Å²) in [5.74, 6) is -0.436. The van der Waals surface area contributed by atoms with Crippen LogP contribution >= 0.6 is 0 Å². The number of ether oxygens (including phenoxy) is 1. The maximum atomic E-state index is 11.7. The van der Waals surface area contributed by atoms with Crippen molar-refractivity contribution in [2.45, 2.75) is 82.7 Å². The molecule has 4 atom stereocenters. The van der Waals surface area contributed by atoms with E-state index in [4.69, 9.17) is 4.74 Å². The molecule has 0 aliphatic carbocycles. The molecule has 0 unspecified atom stereocenters. The summed E-state index contributed by atoms with van der Waals surface area (Å²) in [6, 6.07) is 0. The highest BCUT2D eigenvalue weighted by molar-refractivity contribution is 5.69. The normalized spacial score (nSPS) is 30.5. The number of rotatable bonds is 6. The molecule has 1 heterocycles. The Balaban J connectivity index is 2.53. The molecule has 0 radical (unpaired) electrons. The van der Waals surface area contributed by atoms with Gasteiger partial charge in [0.2, 0.25) is 0 Å². The molecule has 5 nitrogen and oxygen atoms in total. The van der Waals surface area contributed by atoms with E-state index in [0.29, 0.717) is 12.8 Å². The van der Waals surface area contributed by atoms with Gasteiger partial charge < -0.3 is 20.1 Å². The number of aliphatic hydroxyl groups excluding tert-OH is 3. The van der Waals surface area contributed by atoms with Crippen LogP contribution in [0.1, 0.15) is 58.3 Å². The van der Waals surface area contributed by atoms with Crippen LogP contribution < -0.4 is 0 Å². The first-order chi connectivity index (χ1) is 10.0. The van der Waals surface area contributed by atoms with Gasteiger partial charge in [0.15, 0.2) is 0 Å². The highest BCUT2D eigenvalue weighted by Gasteiger charge is 2.24. The second-order valence-corrected chi connectivity index (χ2v) is 5.71. The molecule has 0 amide bonds. The van der Waals surface area contributed by atoms with Crippen molar-refractivity contribution < 1.29 is 24.9 Å². The van der Waals surface area contributed by atoms with Gasteiger partial charge in [0, 0.05) is 12.8 Å². The first kappa shape index (κ1) is 18.1. The zero-order valence-corrected chi connectivity index (χ0v) is 12.8. The smallest absolute Gasteiger partial charge is 0.306 e. The monoisotopic (exact) mass is 300 g/mol. The lowest BCUT2D eigenvalue weighted by Crippen LogP contribution is -2.33. The van der Waals surface area contributed by atoms with E-state index in [0.717, 1.165) is 25.7 Å². The number of hydrogen-bond acceptors (Lipinski definition) is 5. The molecule has 0 fully saturated rings. The van der Waals surface area contributed by atoms with Crippen molar-refractivity contribution in [3.05, 3.63) is 12.2 Å². The third kappa shape index (κ3) is 7.07. The molecule has 122 valence electrons. The summed E-state index contributed by atoms with van der Waals surface area (Å²) >= 11 is 0. The molecule has 0 saturated heterocycles. The van der Waals surface area contributed by atoms with E-state index in [2.05, 4.69) is 6.92 Å². The first-order valence-electron chi connectivity index (χ1n) is 7.95. The average molecular weight is 300 g/mol. The summed E-state index contributed by atoms with van der Waals surface area (Å²) in [6.07, 6.45) is 5.39. The van der Waals surface area contributed by atoms with Gasteiger partial charge in [-0.05, 0) is 12.8 Å². The maximum absolute atomic E-state index is 11.7. The van der Waals surface area contributed by atoms with Crippen LogP contribution in [0.5, 0.6) is 0 Å². The minimum Gasteiger partial charge on any atom is -0.459 e. The van der Waals surface area contributed by atoms with Crippen molar-refractivity contribution in [2.75, 3.05) is 0 Å². The fourth-order valence-corrected chi connectivity index (χ4v) is 2.39.